The first-order chi connectivity index (χ1) is 7.66. The molecule has 0 aliphatic heterocycles. The molecule has 1 rings (SSSR count). The molecule has 0 amide bonds. The van der Waals surface area contributed by atoms with E-state index in [0.29, 0.717) is 18.5 Å². The summed E-state index contributed by atoms with van der Waals surface area (Å²) in [5, 5.41) is 0.649. The molecule has 0 aliphatic carbocycles. The Morgan fingerprint density at radius 1 is 1.12 bits per heavy atom. The van der Waals surface area contributed by atoms with Crippen molar-refractivity contribution in [3.63, 3.8) is 0 Å². The summed E-state index contributed by atoms with van der Waals surface area (Å²) >= 11 is 0. The smallest absolute Gasteiger partial charge is 0.305 e. The number of benzene rings is 1. The van der Waals surface area contributed by atoms with Crippen molar-refractivity contribution in [3.8, 4) is 0 Å². The number of hydrogen-bond acceptors (Lipinski definition) is 3. The van der Waals surface area contributed by atoms with Gasteiger partial charge in [0.15, 0.2) is 0 Å². The first kappa shape index (κ1) is 13.4. The Hall–Kier alpha value is -0.630. The molecule has 3 nitrogen and oxygen atoms in total. The highest BCUT2D eigenvalue weighted by Crippen LogP contribution is 2.46. The van der Waals surface area contributed by atoms with Gasteiger partial charge in [0.25, 0.3) is 0 Å². The third-order valence-corrected chi connectivity index (χ3v) is 4.34. The van der Waals surface area contributed by atoms with E-state index in [1.807, 2.05) is 32.0 Å². The minimum atomic E-state index is -3.11. The molecule has 0 aliphatic rings. The molecule has 90 valence electrons. The van der Waals surface area contributed by atoms with Crippen LogP contribution in [0, 0.1) is 0 Å². The Bertz CT molecular complexity index is 366. The van der Waals surface area contributed by atoms with Gasteiger partial charge in [-0.2, -0.15) is 0 Å². The van der Waals surface area contributed by atoms with E-state index < -0.39 is 7.60 Å². The first-order valence-corrected chi connectivity index (χ1v) is 7.19. The van der Waals surface area contributed by atoms with Crippen LogP contribution in [0.5, 0.6) is 0 Å². The Kier molecular flexibility index (Phi) is 5.20. The fourth-order valence-corrected chi connectivity index (χ4v) is 3.12. The van der Waals surface area contributed by atoms with Crippen LogP contribution in [0.3, 0.4) is 0 Å². The Labute approximate surface area is 97.3 Å². The fourth-order valence-electron chi connectivity index (χ4n) is 1.47. The van der Waals surface area contributed by atoms with Gasteiger partial charge in [0.1, 0.15) is 0 Å². The zero-order valence-electron chi connectivity index (χ0n) is 10.1. The lowest BCUT2D eigenvalue weighted by Crippen LogP contribution is -2.11. The predicted molar refractivity (Wildman–Crippen MR) is 66.3 cm³/mol. The zero-order chi connectivity index (χ0) is 12.0. The average molecular weight is 242 g/mol. The van der Waals surface area contributed by atoms with Crippen molar-refractivity contribution in [1.29, 1.82) is 0 Å². The van der Waals surface area contributed by atoms with Crippen molar-refractivity contribution in [2.45, 2.75) is 27.2 Å². The standard InChI is InChI=1S/C12H19O3P/c1-4-11-8-7-9-12(10-11)16(13,14-5-2)15-6-3/h7-10H,4-6H2,1-3H3. The van der Waals surface area contributed by atoms with E-state index in [0.717, 1.165) is 12.0 Å². The number of rotatable bonds is 6. The molecule has 1 aromatic carbocycles. The maximum atomic E-state index is 12.4. The van der Waals surface area contributed by atoms with Crippen LogP contribution in [0.4, 0.5) is 0 Å². The van der Waals surface area contributed by atoms with Crippen LogP contribution in [0.25, 0.3) is 0 Å². The van der Waals surface area contributed by atoms with Gasteiger partial charge in [-0.05, 0) is 38.0 Å². The molecule has 16 heavy (non-hydrogen) atoms. The van der Waals surface area contributed by atoms with E-state index in [9.17, 15) is 4.57 Å². The highest BCUT2D eigenvalue weighted by atomic mass is 31.2. The van der Waals surface area contributed by atoms with E-state index in [4.69, 9.17) is 9.05 Å². The van der Waals surface area contributed by atoms with Gasteiger partial charge in [-0.15, -0.1) is 0 Å². The molecule has 0 atom stereocenters. The Morgan fingerprint density at radius 2 is 1.75 bits per heavy atom. The van der Waals surface area contributed by atoms with Gasteiger partial charge < -0.3 is 9.05 Å². The van der Waals surface area contributed by atoms with Crippen molar-refractivity contribution in [3.05, 3.63) is 29.8 Å². The molecule has 0 saturated heterocycles. The van der Waals surface area contributed by atoms with Crippen molar-refractivity contribution in [2.75, 3.05) is 13.2 Å². The summed E-state index contributed by atoms with van der Waals surface area (Å²) in [6.07, 6.45) is 0.909. The van der Waals surface area contributed by atoms with Crippen LogP contribution in [0.2, 0.25) is 0 Å². The lowest BCUT2D eigenvalue weighted by atomic mass is 10.2. The summed E-state index contributed by atoms with van der Waals surface area (Å²) in [5.41, 5.74) is 1.14. The van der Waals surface area contributed by atoms with E-state index in [-0.39, 0.29) is 0 Å². The zero-order valence-corrected chi connectivity index (χ0v) is 11.0. The van der Waals surface area contributed by atoms with Crippen molar-refractivity contribution in [1.82, 2.24) is 0 Å². The predicted octanol–water partition coefficient (Wildman–Crippen LogP) is 3.14. The monoisotopic (exact) mass is 242 g/mol. The van der Waals surface area contributed by atoms with Gasteiger partial charge in [-0.1, -0.05) is 19.1 Å². The summed E-state index contributed by atoms with van der Waals surface area (Å²) in [6, 6.07) is 7.59. The topological polar surface area (TPSA) is 35.5 Å². The van der Waals surface area contributed by atoms with Crippen LogP contribution in [0.15, 0.2) is 24.3 Å². The highest BCUT2D eigenvalue weighted by molar-refractivity contribution is 7.62. The van der Waals surface area contributed by atoms with Crippen molar-refractivity contribution in [2.24, 2.45) is 0 Å². The van der Waals surface area contributed by atoms with Crippen molar-refractivity contribution >= 4 is 12.9 Å². The van der Waals surface area contributed by atoms with Gasteiger partial charge in [-0.3, -0.25) is 4.57 Å². The van der Waals surface area contributed by atoms with Gasteiger partial charge in [0.05, 0.1) is 18.5 Å². The Balaban J connectivity index is 3.05. The normalized spacial score (nSPS) is 11.7. The third-order valence-electron chi connectivity index (χ3n) is 2.23. The first-order valence-electron chi connectivity index (χ1n) is 5.64. The largest absolute Gasteiger partial charge is 0.361 e. The second-order valence-electron chi connectivity index (χ2n) is 3.36. The van der Waals surface area contributed by atoms with Gasteiger partial charge in [-0.25, -0.2) is 0 Å². The van der Waals surface area contributed by atoms with Crippen LogP contribution < -0.4 is 5.30 Å². The number of hydrogen-bond donors (Lipinski definition) is 0. The van der Waals surface area contributed by atoms with E-state index in [2.05, 4.69) is 6.92 Å². The van der Waals surface area contributed by atoms with Crippen LogP contribution in [-0.4, -0.2) is 13.2 Å². The third kappa shape index (κ3) is 3.18. The minimum absolute atomic E-state index is 0.383. The summed E-state index contributed by atoms with van der Waals surface area (Å²) in [4.78, 5) is 0. The van der Waals surface area contributed by atoms with Crippen LogP contribution >= 0.6 is 7.60 Å². The molecule has 0 spiro atoms. The van der Waals surface area contributed by atoms with E-state index in [1.165, 1.54) is 0 Å². The maximum absolute atomic E-state index is 12.4. The lowest BCUT2D eigenvalue weighted by Gasteiger charge is -2.17. The van der Waals surface area contributed by atoms with Crippen LogP contribution in [-0.2, 0) is 20.0 Å². The van der Waals surface area contributed by atoms with Gasteiger partial charge in [0, 0.05) is 0 Å². The summed E-state index contributed by atoms with van der Waals surface area (Å²) in [5.74, 6) is 0. The molecule has 0 heterocycles. The molecule has 0 radical (unpaired) electrons. The molecule has 0 bridgehead atoms. The molecule has 0 aromatic heterocycles. The van der Waals surface area contributed by atoms with Crippen molar-refractivity contribution < 1.29 is 13.6 Å². The van der Waals surface area contributed by atoms with E-state index in [1.54, 1.807) is 6.07 Å². The average Bonchev–Trinajstić information content (AvgIpc) is 2.30. The maximum Gasteiger partial charge on any atom is 0.361 e. The molecular weight excluding hydrogens is 223 g/mol. The Morgan fingerprint density at radius 3 is 2.25 bits per heavy atom. The SMILES string of the molecule is CCOP(=O)(OCC)c1cccc(CC)c1. The van der Waals surface area contributed by atoms with E-state index >= 15 is 0 Å². The molecule has 0 N–H and O–H groups in total. The minimum Gasteiger partial charge on any atom is -0.305 e. The molecular formula is C12H19O3P. The highest BCUT2D eigenvalue weighted by Gasteiger charge is 2.26. The molecule has 4 heteroatoms. The van der Waals surface area contributed by atoms with Crippen LogP contribution in [0.1, 0.15) is 26.3 Å². The summed E-state index contributed by atoms with van der Waals surface area (Å²) in [7, 11) is -3.11. The fraction of sp³-hybridized carbons (Fsp3) is 0.500. The summed E-state index contributed by atoms with van der Waals surface area (Å²) < 4.78 is 23.0. The molecule has 0 fully saturated rings. The second kappa shape index (κ2) is 6.19. The van der Waals surface area contributed by atoms with Gasteiger partial charge in [0.2, 0.25) is 0 Å². The summed E-state index contributed by atoms with van der Waals surface area (Å²) in [6.45, 7) is 6.46. The molecule has 0 unspecified atom stereocenters. The quantitative estimate of drug-likeness (QED) is 0.719. The second-order valence-corrected chi connectivity index (χ2v) is 5.38. The molecule has 0 saturated carbocycles. The molecule has 1 aromatic rings. The van der Waals surface area contributed by atoms with Gasteiger partial charge >= 0.3 is 7.60 Å². The lowest BCUT2D eigenvalue weighted by molar-refractivity contribution is 0.230. The number of aryl methyl sites for hydroxylation is 1.